The van der Waals surface area contributed by atoms with E-state index in [1.54, 1.807) is 0 Å². The lowest BCUT2D eigenvalue weighted by Crippen LogP contribution is -2.05. The number of thiol groups is 1. The molecular formula is C10H9ClF2O2S. The summed E-state index contributed by atoms with van der Waals surface area (Å²) >= 11 is 9.81. The summed E-state index contributed by atoms with van der Waals surface area (Å²) in [4.78, 5) is 11.4. The van der Waals surface area contributed by atoms with E-state index in [1.165, 1.54) is 25.1 Å². The molecule has 0 aromatic heterocycles. The summed E-state index contributed by atoms with van der Waals surface area (Å²) < 4.78 is 28.2. The molecule has 0 spiro atoms. The summed E-state index contributed by atoms with van der Waals surface area (Å²) in [6, 6.07) is 4.15. The molecule has 0 aliphatic rings. The third-order valence-electron chi connectivity index (χ3n) is 1.79. The van der Waals surface area contributed by atoms with Crippen LogP contribution in [0.3, 0.4) is 0 Å². The van der Waals surface area contributed by atoms with Crippen molar-refractivity contribution in [2.24, 2.45) is 0 Å². The van der Waals surface area contributed by atoms with E-state index in [0.717, 1.165) is 0 Å². The van der Waals surface area contributed by atoms with E-state index < -0.39 is 12.0 Å². The van der Waals surface area contributed by atoms with Crippen molar-refractivity contribution >= 4 is 30.0 Å². The van der Waals surface area contributed by atoms with Gasteiger partial charge in [-0.1, -0.05) is 0 Å². The Bertz CT molecular complexity index is 398. The van der Waals surface area contributed by atoms with E-state index in [2.05, 4.69) is 17.4 Å². The average molecular weight is 267 g/mol. The largest absolute Gasteiger partial charge is 0.435 e. The number of carbonyl (C=O) groups is 1. The minimum Gasteiger partial charge on any atom is -0.435 e. The topological polar surface area (TPSA) is 26.3 Å². The van der Waals surface area contributed by atoms with Crippen molar-refractivity contribution in [1.29, 1.82) is 0 Å². The molecule has 0 saturated heterocycles. The quantitative estimate of drug-likeness (QED) is 0.667. The molecule has 0 saturated carbocycles. The Morgan fingerprint density at radius 3 is 2.56 bits per heavy atom. The lowest BCUT2D eigenvalue weighted by Gasteiger charge is -2.10. The summed E-state index contributed by atoms with van der Waals surface area (Å²) in [5.74, 6) is -0.340. The number of benzene rings is 1. The van der Waals surface area contributed by atoms with E-state index in [4.69, 9.17) is 11.6 Å². The summed E-state index contributed by atoms with van der Waals surface area (Å²) in [5, 5.41) is -0.882. The Labute approximate surface area is 102 Å². The van der Waals surface area contributed by atoms with E-state index >= 15 is 0 Å². The number of halogens is 3. The molecule has 88 valence electrons. The van der Waals surface area contributed by atoms with Crippen molar-refractivity contribution in [1.82, 2.24) is 0 Å². The Kier molecular flexibility index (Phi) is 4.56. The van der Waals surface area contributed by atoms with Crippen molar-refractivity contribution in [3.63, 3.8) is 0 Å². The monoisotopic (exact) mass is 266 g/mol. The summed E-state index contributed by atoms with van der Waals surface area (Å²) in [6.07, 6.45) is 0. The molecule has 0 aliphatic carbocycles. The van der Waals surface area contributed by atoms with Crippen LogP contribution in [0.5, 0.6) is 5.75 Å². The maximum atomic E-state index is 12.0. The molecular weight excluding hydrogens is 258 g/mol. The fourth-order valence-electron chi connectivity index (χ4n) is 1.16. The Balaban J connectivity index is 3.02. The minimum atomic E-state index is -2.92. The van der Waals surface area contributed by atoms with Crippen LogP contribution < -0.4 is 4.74 Å². The van der Waals surface area contributed by atoms with Crippen LogP contribution in [0.2, 0.25) is 0 Å². The van der Waals surface area contributed by atoms with Crippen LogP contribution in [0, 0.1) is 0 Å². The first-order valence-corrected chi connectivity index (χ1v) is 5.22. The number of hydrogen-bond acceptors (Lipinski definition) is 3. The molecule has 0 fully saturated rings. The van der Waals surface area contributed by atoms with Gasteiger partial charge in [-0.2, -0.15) is 8.78 Å². The molecule has 1 atom stereocenters. The minimum absolute atomic E-state index is 0.0654. The van der Waals surface area contributed by atoms with Crippen molar-refractivity contribution in [2.75, 3.05) is 0 Å². The normalized spacial score (nSPS) is 12.6. The molecule has 0 radical (unpaired) electrons. The zero-order valence-corrected chi connectivity index (χ0v) is 9.93. The highest BCUT2D eigenvalue weighted by Gasteiger charge is 2.15. The third kappa shape index (κ3) is 3.64. The fourth-order valence-corrected chi connectivity index (χ4v) is 1.56. The van der Waals surface area contributed by atoms with Gasteiger partial charge in [-0.3, -0.25) is 4.79 Å². The maximum Gasteiger partial charge on any atom is 0.387 e. The van der Waals surface area contributed by atoms with Gasteiger partial charge >= 0.3 is 6.61 Å². The summed E-state index contributed by atoms with van der Waals surface area (Å²) in [6.45, 7) is -1.61. The number of ether oxygens (including phenoxy) is 1. The van der Waals surface area contributed by atoms with E-state index in [1.807, 2.05) is 0 Å². The Hall–Kier alpha value is -0.810. The lowest BCUT2D eigenvalue weighted by atomic mass is 10.1. The van der Waals surface area contributed by atoms with Crippen molar-refractivity contribution in [3.05, 3.63) is 23.8 Å². The SMILES string of the molecule is CC(=O)C(Cl)c1cc(S)cc(OC(F)F)c1. The molecule has 1 rings (SSSR count). The molecule has 6 heteroatoms. The second-order valence-corrected chi connectivity index (χ2v) is 4.06. The molecule has 16 heavy (non-hydrogen) atoms. The molecule has 0 amide bonds. The van der Waals surface area contributed by atoms with Gasteiger partial charge in [0.2, 0.25) is 0 Å². The molecule has 2 nitrogen and oxygen atoms in total. The first-order valence-electron chi connectivity index (χ1n) is 4.33. The number of carbonyl (C=O) groups excluding carboxylic acids is 1. The second-order valence-electron chi connectivity index (χ2n) is 3.11. The Morgan fingerprint density at radius 1 is 1.44 bits per heavy atom. The molecule has 0 aliphatic heterocycles. The molecule has 1 unspecified atom stereocenters. The number of rotatable bonds is 4. The predicted octanol–water partition coefficient (Wildman–Crippen LogP) is 3.45. The first-order chi connectivity index (χ1) is 7.40. The molecule has 1 aromatic carbocycles. The van der Waals surface area contributed by atoms with Crippen LogP contribution >= 0.6 is 24.2 Å². The van der Waals surface area contributed by atoms with Gasteiger partial charge in [-0.05, 0) is 30.7 Å². The van der Waals surface area contributed by atoms with E-state index in [-0.39, 0.29) is 11.5 Å². The number of hydrogen-bond donors (Lipinski definition) is 1. The smallest absolute Gasteiger partial charge is 0.387 e. The van der Waals surface area contributed by atoms with Gasteiger partial charge in [0.05, 0.1) is 0 Å². The highest BCUT2D eigenvalue weighted by atomic mass is 35.5. The van der Waals surface area contributed by atoms with Crippen molar-refractivity contribution < 1.29 is 18.3 Å². The van der Waals surface area contributed by atoms with Crippen LogP contribution in [0.1, 0.15) is 17.9 Å². The van der Waals surface area contributed by atoms with Crippen LogP contribution in [0.4, 0.5) is 8.78 Å². The molecule has 0 bridgehead atoms. The molecule has 0 N–H and O–H groups in total. The Morgan fingerprint density at radius 2 is 2.06 bits per heavy atom. The lowest BCUT2D eigenvalue weighted by molar-refractivity contribution is -0.116. The molecule has 1 aromatic rings. The second kappa shape index (κ2) is 5.50. The van der Waals surface area contributed by atoms with Crippen LogP contribution in [-0.2, 0) is 4.79 Å². The van der Waals surface area contributed by atoms with Crippen molar-refractivity contribution in [3.8, 4) is 5.75 Å². The summed E-state index contributed by atoms with van der Waals surface area (Å²) in [7, 11) is 0. The summed E-state index contributed by atoms with van der Waals surface area (Å²) in [5.41, 5.74) is 0.386. The number of alkyl halides is 3. The van der Waals surface area contributed by atoms with E-state index in [0.29, 0.717) is 10.5 Å². The van der Waals surface area contributed by atoms with Gasteiger partial charge in [-0.15, -0.1) is 24.2 Å². The third-order valence-corrected chi connectivity index (χ3v) is 2.61. The number of ketones is 1. The highest BCUT2D eigenvalue weighted by Crippen LogP contribution is 2.29. The van der Waals surface area contributed by atoms with Crippen molar-refractivity contribution in [2.45, 2.75) is 23.8 Å². The molecule has 0 heterocycles. The predicted molar refractivity (Wildman–Crippen MR) is 59.6 cm³/mol. The average Bonchev–Trinajstić information content (AvgIpc) is 2.14. The van der Waals surface area contributed by atoms with E-state index in [9.17, 15) is 13.6 Å². The van der Waals surface area contributed by atoms with Gasteiger partial charge < -0.3 is 4.74 Å². The van der Waals surface area contributed by atoms with Crippen LogP contribution in [0.25, 0.3) is 0 Å². The zero-order valence-electron chi connectivity index (χ0n) is 8.28. The zero-order chi connectivity index (χ0) is 12.3. The highest BCUT2D eigenvalue weighted by molar-refractivity contribution is 7.80. The van der Waals surface area contributed by atoms with Gasteiger partial charge in [-0.25, -0.2) is 0 Å². The van der Waals surface area contributed by atoms with Gasteiger partial charge in [0.1, 0.15) is 11.1 Å². The van der Waals surface area contributed by atoms with Crippen LogP contribution in [-0.4, -0.2) is 12.4 Å². The standard InChI is InChI=1S/C10H9ClF2O2S/c1-5(14)9(11)6-2-7(15-10(12)13)4-8(16)3-6/h2-4,9-10,16H,1H3. The van der Waals surface area contributed by atoms with Gasteiger partial charge in [0.25, 0.3) is 0 Å². The number of Topliss-reactive ketones (excluding diaryl/α,β-unsaturated/α-hetero) is 1. The maximum absolute atomic E-state index is 12.0. The first kappa shape index (κ1) is 13.3. The van der Waals surface area contributed by atoms with Gasteiger partial charge in [0.15, 0.2) is 5.78 Å². The van der Waals surface area contributed by atoms with Gasteiger partial charge in [0, 0.05) is 4.90 Å². The van der Waals surface area contributed by atoms with Crippen LogP contribution in [0.15, 0.2) is 23.1 Å². The fraction of sp³-hybridized carbons (Fsp3) is 0.300.